The lowest BCUT2D eigenvalue weighted by molar-refractivity contribution is -0.131. The molecule has 22 heavy (non-hydrogen) atoms. The van der Waals surface area contributed by atoms with Gasteiger partial charge in [0.25, 0.3) is 0 Å². The zero-order chi connectivity index (χ0) is 15.6. The first-order valence-corrected chi connectivity index (χ1v) is 6.87. The molecular weight excluding hydrogens is 280 g/mol. The van der Waals surface area contributed by atoms with Gasteiger partial charge in [-0.15, -0.1) is 0 Å². The second kappa shape index (κ2) is 5.58. The molecule has 0 radical (unpaired) electrons. The van der Waals surface area contributed by atoms with Crippen molar-refractivity contribution in [2.24, 2.45) is 0 Å². The molecule has 1 aliphatic heterocycles. The van der Waals surface area contributed by atoms with Gasteiger partial charge in [0.1, 0.15) is 0 Å². The van der Waals surface area contributed by atoms with Crippen LogP contribution in [0, 0.1) is 0 Å². The van der Waals surface area contributed by atoms with E-state index in [0.29, 0.717) is 12.2 Å². The molecule has 1 atom stereocenters. The molecule has 2 aromatic rings. The first kappa shape index (κ1) is 14.2. The Morgan fingerprint density at radius 2 is 1.68 bits per heavy atom. The number of hydrogen-bond donors (Lipinski definition) is 1. The monoisotopic (exact) mass is 294 g/mol. The lowest BCUT2D eigenvalue weighted by Crippen LogP contribution is -2.22. The van der Waals surface area contributed by atoms with E-state index >= 15 is 0 Å². The lowest BCUT2D eigenvalue weighted by Gasteiger charge is -2.11. The summed E-state index contributed by atoms with van der Waals surface area (Å²) < 4.78 is 5.47. The predicted octanol–water partition coefficient (Wildman–Crippen LogP) is 2.89. The minimum atomic E-state index is -1.01. The van der Waals surface area contributed by atoms with Gasteiger partial charge in [-0.1, -0.05) is 54.6 Å². The van der Waals surface area contributed by atoms with E-state index in [4.69, 9.17) is 9.84 Å². The van der Waals surface area contributed by atoms with Gasteiger partial charge in [-0.05, 0) is 17.2 Å². The number of carbonyl (C=O) groups is 2. The van der Waals surface area contributed by atoms with Crippen LogP contribution in [0.4, 0.5) is 0 Å². The Morgan fingerprint density at radius 1 is 1.05 bits per heavy atom. The molecule has 0 bridgehead atoms. The average Bonchev–Trinajstić information content (AvgIpc) is 3.35. The lowest BCUT2D eigenvalue weighted by atomic mass is 9.91. The SMILES string of the molecule is O=C(O)/C=C/c1ccc(C(=O)C2(c3ccccc3)CO2)cc1. The Labute approximate surface area is 127 Å². The van der Waals surface area contributed by atoms with Crippen LogP contribution in [0.25, 0.3) is 6.08 Å². The Kier molecular flexibility index (Phi) is 3.61. The summed E-state index contributed by atoms with van der Waals surface area (Å²) >= 11 is 0. The zero-order valence-corrected chi connectivity index (χ0v) is 11.7. The Morgan fingerprint density at radius 3 is 2.23 bits per heavy atom. The normalized spacial score (nSPS) is 20.0. The summed E-state index contributed by atoms with van der Waals surface area (Å²) in [7, 11) is 0. The molecule has 1 aliphatic rings. The van der Waals surface area contributed by atoms with Gasteiger partial charge >= 0.3 is 5.97 Å². The van der Waals surface area contributed by atoms with Gasteiger partial charge in [0.15, 0.2) is 5.60 Å². The van der Waals surface area contributed by atoms with Crippen molar-refractivity contribution in [2.45, 2.75) is 5.60 Å². The molecule has 2 aromatic carbocycles. The maximum absolute atomic E-state index is 12.7. The van der Waals surface area contributed by atoms with Crippen LogP contribution >= 0.6 is 0 Å². The minimum absolute atomic E-state index is 0.0764. The highest BCUT2D eigenvalue weighted by atomic mass is 16.6. The summed E-state index contributed by atoms with van der Waals surface area (Å²) in [5, 5.41) is 8.60. The highest BCUT2D eigenvalue weighted by Crippen LogP contribution is 2.41. The fourth-order valence-electron chi connectivity index (χ4n) is 2.35. The van der Waals surface area contributed by atoms with Crippen molar-refractivity contribution in [2.75, 3.05) is 6.61 Å². The van der Waals surface area contributed by atoms with E-state index in [0.717, 1.165) is 17.2 Å². The molecule has 1 heterocycles. The van der Waals surface area contributed by atoms with Crippen LogP contribution < -0.4 is 0 Å². The summed E-state index contributed by atoms with van der Waals surface area (Å²) in [4.78, 5) is 23.2. The molecule has 110 valence electrons. The molecule has 0 aromatic heterocycles. The van der Waals surface area contributed by atoms with Crippen molar-refractivity contribution < 1.29 is 19.4 Å². The van der Waals surface area contributed by atoms with Gasteiger partial charge in [-0.2, -0.15) is 0 Å². The molecule has 1 saturated heterocycles. The van der Waals surface area contributed by atoms with Gasteiger partial charge in [0.05, 0.1) is 6.61 Å². The molecule has 3 rings (SSSR count). The van der Waals surface area contributed by atoms with Crippen LogP contribution in [0.2, 0.25) is 0 Å². The van der Waals surface area contributed by atoms with Crippen molar-refractivity contribution >= 4 is 17.8 Å². The molecule has 1 N–H and O–H groups in total. The molecule has 1 unspecified atom stereocenters. The fourth-order valence-corrected chi connectivity index (χ4v) is 2.35. The number of ketones is 1. The summed E-state index contributed by atoms with van der Waals surface area (Å²) in [5.74, 6) is -1.08. The largest absolute Gasteiger partial charge is 0.478 e. The Hall–Kier alpha value is -2.72. The van der Waals surface area contributed by atoms with Gasteiger partial charge in [-0.25, -0.2) is 4.79 Å². The molecule has 0 saturated carbocycles. The molecular formula is C18H14O4. The maximum Gasteiger partial charge on any atom is 0.328 e. The first-order chi connectivity index (χ1) is 10.6. The first-order valence-electron chi connectivity index (χ1n) is 6.87. The van der Waals surface area contributed by atoms with Gasteiger partial charge in [0.2, 0.25) is 5.78 Å². The number of hydrogen-bond acceptors (Lipinski definition) is 3. The van der Waals surface area contributed by atoms with E-state index in [2.05, 4.69) is 0 Å². The van der Waals surface area contributed by atoms with Crippen molar-refractivity contribution in [3.05, 3.63) is 77.4 Å². The minimum Gasteiger partial charge on any atom is -0.478 e. The number of carbonyl (C=O) groups excluding carboxylic acids is 1. The molecule has 1 fully saturated rings. The smallest absolute Gasteiger partial charge is 0.328 e. The number of carboxylic acid groups (broad SMARTS) is 1. The van der Waals surface area contributed by atoms with Crippen LogP contribution in [0.1, 0.15) is 21.5 Å². The summed E-state index contributed by atoms with van der Waals surface area (Å²) in [6.45, 7) is 0.385. The summed E-state index contributed by atoms with van der Waals surface area (Å²) in [6, 6.07) is 16.2. The number of ether oxygens (including phenoxy) is 1. The van der Waals surface area contributed by atoms with Crippen LogP contribution in [0.15, 0.2) is 60.7 Å². The topological polar surface area (TPSA) is 66.9 Å². The molecule has 4 heteroatoms. The van der Waals surface area contributed by atoms with E-state index in [1.165, 1.54) is 6.08 Å². The van der Waals surface area contributed by atoms with Crippen LogP contribution in [0.5, 0.6) is 0 Å². The zero-order valence-electron chi connectivity index (χ0n) is 11.7. The second-order valence-electron chi connectivity index (χ2n) is 5.10. The number of benzene rings is 2. The van der Waals surface area contributed by atoms with Gasteiger partial charge < -0.3 is 9.84 Å². The second-order valence-corrected chi connectivity index (χ2v) is 5.10. The quantitative estimate of drug-likeness (QED) is 0.523. The van der Waals surface area contributed by atoms with Crippen molar-refractivity contribution in [1.29, 1.82) is 0 Å². The van der Waals surface area contributed by atoms with Crippen molar-refractivity contribution in [3.63, 3.8) is 0 Å². The van der Waals surface area contributed by atoms with E-state index in [9.17, 15) is 9.59 Å². The van der Waals surface area contributed by atoms with Crippen LogP contribution in [-0.2, 0) is 15.1 Å². The Bertz CT molecular complexity index is 725. The highest BCUT2D eigenvalue weighted by molar-refractivity contribution is 6.04. The molecule has 0 amide bonds. The van der Waals surface area contributed by atoms with E-state index < -0.39 is 11.6 Å². The van der Waals surface area contributed by atoms with E-state index in [1.807, 2.05) is 30.3 Å². The summed E-state index contributed by atoms with van der Waals surface area (Å²) in [5.41, 5.74) is 1.27. The standard InChI is InChI=1S/C18H14O4/c19-16(20)11-8-13-6-9-14(10-7-13)17(21)18(12-22-18)15-4-2-1-3-5-15/h1-11H,12H2,(H,19,20)/b11-8+. The fraction of sp³-hybridized carbons (Fsp3) is 0.111. The third-order valence-electron chi connectivity index (χ3n) is 3.63. The van der Waals surface area contributed by atoms with Gasteiger partial charge in [-0.3, -0.25) is 4.79 Å². The molecule has 4 nitrogen and oxygen atoms in total. The van der Waals surface area contributed by atoms with E-state index in [1.54, 1.807) is 24.3 Å². The predicted molar refractivity (Wildman–Crippen MR) is 81.5 cm³/mol. The average molecular weight is 294 g/mol. The third kappa shape index (κ3) is 2.69. The van der Waals surface area contributed by atoms with Crippen molar-refractivity contribution in [3.8, 4) is 0 Å². The number of rotatable bonds is 5. The van der Waals surface area contributed by atoms with Crippen LogP contribution in [-0.4, -0.2) is 23.5 Å². The maximum atomic E-state index is 12.7. The summed E-state index contributed by atoms with van der Waals surface area (Å²) in [6.07, 6.45) is 2.55. The third-order valence-corrected chi connectivity index (χ3v) is 3.63. The number of epoxide rings is 1. The van der Waals surface area contributed by atoms with Crippen LogP contribution in [0.3, 0.4) is 0 Å². The van der Waals surface area contributed by atoms with Crippen molar-refractivity contribution in [1.82, 2.24) is 0 Å². The highest BCUT2D eigenvalue weighted by Gasteiger charge is 2.53. The van der Waals surface area contributed by atoms with E-state index in [-0.39, 0.29) is 5.78 Å². The number of aliphatic carboxylic acids is 1. The number of Topliss-reactive ketones (excluding diaryl/α,β-unsaturated/α-hetero) is 1. The Balaban J connectivity index is 1.83. The number of carboxylic acids is 1. The molecule has 0 spiro atoms. The molecule has 0 aliphatic carbocycles. The van der Waals surface area contributed by atoms with Gasteiger partial charge in [0, 0.05) is 11.6 Å².